The summed E-state index contributed by atoms with van der Waals surface area (Å²) in [6.07, 6.45) is 7.10. The van der Waals surface area contributed by atoms with Crippen LogP contribution in [0, 0.1) is 0 Å². The molecule has 0 spiro atoms. The molecule has 4 heterocycles. The SMILES string of the molecule is C=CC(=O)N(C)c1ccc(C(=O)N2CCCC2)cc1.CC(C)c1c(-c2cn[nH]c2)ccc2nc(N)nn12. The number of carbonyl (C=O) groups is 2. The van der Waals surface area contributed by atoms with E-state index in [0.717, 1.165) is 54.1 Å². The van der Waals surface area contributed by atoms with Crippen LogP contribution in [-0.4, -0.2) is 61.6 Å². The number of nitrogens with zero attached hydrogens (tertiary/aromatic N) is 6. The molecule has 3 N–H and O–H groups in total. The number of nitrogens with one attached hydrogen (secondary N) is 1. The summed E-state index contributed by atoms with van der Waals surface area (Å²) in [5.41, 5.74) is 11.1. The molecule has 37 heavy (non-hydrogen) atoms. The molecule has 10 nitrogen and oxygen atoms in total. The molecule has 192 valence electrons. The van der Waals surface area contributed by atoms with Crippen molar-refractivity contribution in [2.75, 3.05) is 30.8 Å². The minimum Gasteiger partial charge on any atom is -0.366 e. The molecule has 3 aromatic heterocycles. The van der Waals surface area contributed by atoms with Gasteiger partial charge in [-0.25, -0.2) is 4.52 Å². The molecule has 0 radical (unpaired) electrons. The van der Waals surface area contributed by atoms with E-state index in [1.807, 2.05) is 27.7 Å². The first kappa shape index (κ1) is 25.6. The van der Waals surface area contributed by atoms with Crippen molar-refractivity contribution in [1.29, 1.82) is 0 Å². The van der Waals surface area contributed by atoms with E-state index in [4.69, 9.17) is 5.73 Å². The summed E-state index contributed by atoms with van der Waals surface area (Å²) in [6, 6.07) is 11.0. The summed E-state index contributed by atoms with van der Waals surface area (Å²) in [6.45, 7) is 9.38. The summed E-state index contributed by atoms with van der Waals surface area (Å²) < 4.78 is 1.81. The van der Waals surface area contributed by atoms with Crippen LogP contribution in [0.1, 0.15) is 48.7 Å². The normalized spacial score (nSPS) is 12.9. The number of nitrogens with two attached hydrogens (primary N) is 1. The first-order chi connectivity index (χ1) is 17.8. The summed E-state index contributed by atoms with van der Waals surface area (Å²) >= 11 is 0. The number of amides is 2. The number of aromatic amines is 1. The van der Waals surface area contributed by atoms with E-state index in [-0.39, 0.29) is 11.8 Å². The Kier molecular flexibility index (Phi) is 7.66. The number of likely N-dealkylation sites (tertiary alicyclic amines) is 1. The third-order valence-corrected chi connectivity index (χ3v) is 6.31. The van der Waals surface area contributed by atoms with Gasteiger partial charge in [-0.2, -0.15) is 10.1 Å². The Morgan fingerprint density at radius 3 is 2.43 bits per heavy atom. The van der Waals surface area contributed by atoms with Crippen LogP contribution in [0.15, 0.2) is 61.4 Å². The quantitative estimate of drug-likeness (QED) is 0.401. The molecular weight excluding hydrogens is 468 g/mol. The zero-order valence-electron chi connectivity index (χ0n) is 21.4. The zero-order valence-corrected chi connectivity index (χ0v) is 21.4. The van der Waals surface area contributed by atoms with Crippen LogP contribution >= 0.6 is 0 Å². The van der Waals surface area contributed by atoms with Crippen molar-refractivity contribution in [2.45, 2.75) is 32.6 Å². The summed E-state index contributed by atoms with van der Waals surface area (Å²) in [5.74, 6) is 0.501. The minimum atomic E-state index is -0.168. The molecule has 0 bridgehead atoms. The Balaban J connectivity index is 0.000000173. The lowest BCUT2D eigenvalue weighted by atomic mass is 10.00. The van der Waals surface area contributed by atoms with Gasteiger partial charge in [0, 0.05) is 48.7 Å². The van der Waals surface area contributed by atoms with Crippen LogP contribution in [0.25, 0.3) is 16.8 Å². The predicted molar refractivity (Wildman–Crippen MR) is 144 cm³/mol. The second kappa shape index (κ2) is 11.1. The highest BCUT2D eigenvalue weighted by atomic mass is 16.2. The van der Waals surface area contributed by atoms with Crippen molar-refractivity contribution in [1.82, 2.24) is 29.7 Å². The van der Waals surface area contributed by atoms with Gasteiger partial charge in [0.25, 0.3) is 5.91 Å². The average molecular weight is 501 g/mol. The fourth-order valence-electron chi connectivity index (χ4n) is 4.38. The fraction of sp³-hybridized carbons (Fsp3) is 0.296. The molecule has 0 unspecified atom stereocenters. The van der Waals surface area contributed by atoms with E-state index in [2.05, 4.69) is 40.7 Å². The van der Waals surface area contributed by atoms with E-state index < -0.39 is 0 Å². The van der Waals surface area contributed by atoms with Gasteiger partial charge in [-0.3, -0.25) is 14.7 Å². The summed E-state index contributed by atoms with van der Waals surface area (Å²) in [7, 11) is 1.68. The van der Waals surface area contributed by atoms with Crippen molar-refractivity contribution >= 4 is 29.1 Å². The van der Waals surface area contributed by atoms with Crippen molar-refractivity contribution in [3.8, 4) is 11.1 Å². The standard InChI is InChI=1S/C15H18N2O2.C12H14N6/c1-3-14(18)16(2)13-8-6-12(7-9-13)15(19)17-10-4-5-11-17;1-7(2)11-9(8-5-14-15-6-8)3-4-10-16-12(13)17-18(10)11/h3,6-9H,1,4-5,10-11H2,2H3;3-7H,1-2H3,(H2,13,17)(H,14,15). The second-order valence-corrected chi connectivity index (χ2v) is 9.16. The number of fused-ring (bicyclic) bond motifs is 1. The van der Waals surface area contributed by atoms with Gasteiger partial charge < -0.3 is 15.5 Å². The number of aromatic nitrogens is 5. The number of rotatable bonds is 5. The molecular formula is C27H32N8O2. The number of nitrogen functional groups attached to an aromatic ring is 1. The number of pyridine rings is 1. The molecule has 2 amide bonds. The van der Waals surface area contributed by atoms with Crippen LogP contribution in [0.2, 0.25) is 0 Å². The Labute approximate surface area is 215 Å². The Hall–Kier alpha value is -4.47. The molecule has 0 saturated carbocycles. The van der Waals surface area contributed by atoms with Gasteiger partial charge in [-0.15, -0.1) is 5.10 Å². The number of H-pyrrole nitrogens is 1. The predicted octanol–water partition coefficient (Wildman–Crippen LogP) is 3.90. The molecule has 1 aromatic carbocycles. The van der Waals surface area contributed by atoms with Gasteiger partial charge in [-0.1, -0.05) is 20.4 Å². The maximum absolute atomic E-state index is 12.1. The molecule has 0 aliphatic carbocycles. The molecule has 10 heteroatoms. The molecule has 1 aliphatic rings. The third kappa shape index (κ3) is 5.53. The van der Waals surface area contributed by atoms with E-state index in [1.54, 1.807) is 37.5 Å². The zero-order chi connectivity index (χ0) is 26.5. The van der Waals surface area contributed by atoms with Crippen LogP contribution in [0.3, 0.4) is 0 Å². The topological polar surface area (TPSA) is 126 Å². The molecule has 0 atom stereocenters. The Bertz CT molecular complexity index is 1380. The summed E-state index contributed by atoms with van der Waals surface area (Å²) in [5, 5.41) is 11.1. The van der Waals surface area contributed by atoms with Crippen LogP contribution in [0.5, 0.6) is 0 Å². The molecule has 1 fully saturated rings. The largest absolute Gasteiger partial charge is 0.366 e. The second-order valence-electron chi connectivity index (χ2n) is 9.16. The number of benzene rings is 1. The molecule has 1 aliphatic heterocycles. The van der Waals surface area contributed by atoms with Crippen molar-refractivity contribution in [3.05, 3.63) is 72.7 Å². The monoisotopic (exact) mass is 500 g/mol. The number of anilines is 2. The van der Waals surface area contributed by atoms with Crippen LogP contribution in [0.4, 0.5) is 11.6 Å². The van der Waals surface area contributed by atoms with Crippen molar-refractivity contribution < 1.29 is 9.59 Å². The molecule has 1 saturated heterocycles. The fourth-order valence-corrected chi connectivity index (χ4v) is 4.38. The number of carbonyl (C=O) groups excluding carboxylic acids is 2. The smallest absolute Gasteiger partial charge is 0.253 e. The van der Waals surface area contributed by atoms with E-state index in [9.17, 15) is 9.59 Å². The van der Waals surface area contributed by atoms with E-state index >= 15 is 0 Å². The van der Waals surface area contributed by atoms with Crippen molar-refractivity contribution in [3.63, 3.8) is 0 Å². The van der Waals surface area contributed by atoms with Crippen LogP contribution in [-0.2, 0) is 4.79 Å². The third-order valence-electron chi connectivity index (χ3n) is 6.31. The lowest BCUT2D eigenvalue weighted by Gasteiger charge is -2.17. The lowest BCUT2D eigenvalue weighted by Crippen LogP contribution is -2.28. The molecule has 4 aromatic rings. The van der Waals surface area contributed by atoms with Gasteiger partial charge in [0.15, 0.2) is 5.65 Å². The highest BCUT2D eigenvalue weighted by Crippen LogP contribution is 2.29. The van der Waals surface area contributed by atoms with Gasteiger partial charge in [0.1, 0.15) is 0 Å². The van der Waals surface area contributed by atoms with Gasteiger partial charge >= 0.3 is 0 Å². The highest BCUT2D eigenvalue weighted by molar-refractivity contribution is 6.01. The van der Waals surface area contributed by atoms with Crippen LogP contribution < -0.4 is 10.6 Å². The van der Waals surface area contributed by atoms with Gasteiger partial charge in [0.05, 0.1) is 11.9 Å². The van der Waals surface area contributed by atoms with Crippen molar-refractivity contribution in [2.24, 2.45) is 0 Å². The van der Waals surface area contributed by atoms with Gasteiger partial charge in [0.2, 0.25) is 11.9 Å². The van der Waals surface area contributed by atoms with E-state index in [0.29, 0.717) is 17.4 Å². The number of hydrogen-bond donors (Lipinski definition) is 2. The average Bonchev–Trinajstić information content (AvgIpc) is 3.68. The maximum Gasteiger partial charge on any atom is 0.253 e. The Morgan fingerprint density at radius 2 is 1.84 bits per heavy atom. The first-order valence-electron chi connectivity index (χ1n) is 12.2. The molecule has 5 rings (SSSR count). The first-order valence-corrected chi connectivity index (χ1v) is 12.2. The summed E-state index contributed by atoms with van der Waals surface area (Å²) in [4.78, 5) is 31.2. The number of hydrogen-bond acceptors (Lipinski definition) is 6. The lowest BCUT2D eigenvalue weighted by molar-refractivity contribution is -0.113. The van der Waals surface area contributed by atoms with E-state index in [1.165, 1.54) is 11.0 Å². The Morgan fingerprint density at radius 1 is 1.14 bits per heavy atom. The van der Waals surface area contributed by atoms with Gasteiger partial charge in [-0.05, 0) is 61.2 Å². The highest BCUT2D eigenvalue weighted by Gasteiger charge is 2.19. The minimum absolute atomic E-state index is 0.0711. The maximum atomic E-state index is 12.1. The number of likely N-dealkylation sites (N-methyl/N-ethyl adjacent to an activating group) is 1.